The quantitative estimate of drug-likeness (QED) is 0.380. The zero-order valence-electron chi connectivity index (χ0n) is 17.2. The van der Waals surface area contributed by atoms with E-state index in [1.807, 2.05) is 17.5 Å². The summed E-state index contributed by atoms with van der Waals surface area (Å²) in [7, 11) is 1.31. The van der Waals surface area contributed by atoms with Crippen molar-refractivity contribution < 1.29 is 19.1 Å². The highest BCUT2D eigenvalue weighted by molar-refractivity contribution is 9.10. The van der Waals surface area contributed by atoms with Crippen molar-refractivity contribution in [1.82, 2.24) is 4.57 Å². The summed E-state index contributed by atoms with van der Waals surface area (Å²) in [6, 6.07) is 8.28. The second kappa shape index (κ2) is 8.97. The molecule has 1 aromatic carbocycles. The van der Waals surface area contributed by atoms with Crippen LogP contribution >= 0.6 is 38.6 Å². The van der Waals surface area contributed by atoms with Crippen molar-refractivity contribution in [3.05, 3.63) is 81.6 Å². The van der Waals surface area contributed by atoms with Crippen LogP contribution < -0.4 is 19.6 Å². The summed E-state index contributed by atoms with van der Waals surface area (Å²) in [5.74, 6) is -0.643. The number of carbonyl (C=O) groups is 2. The summed E-state index contributed by atoms with van der Waals surface area (Å²) < 4.78 is 13.0. The van der Waals surface area contributed by atoms with Gasteiger partial charge in [0.1, 0.15) is 11.8 Å². The van der Waals surface area contributed by atoms with Gasteiger partial charge in [-0.1, -0.05) is 33.3 Å². The number of aromatic nitrogens is 1. The first-order valence-corrected chi connectivity index (χ1v) is 11.9. The lowest BCUT2D eigenvalue weighted by atomic mass is 10.0. The van der Waals surface area contributed by atoms with Crippen LogP contribution in [-0.4, -0.2) is 23.6 Å². The molecule has 0 aliphatic carbocycles. The summed E-state index contributed by atoms with van der Waals surface area (Å²) in [5.41, 5.74) is 1.11. The summed E-state index contributed by atoms with van der Waals surface area (Å²) in [6.07, 6.45) is 1.66. The van der Waals surface area contributed by atoms with Gasteiger partial charge in [0.05, 0.1) is 22.9 Å². The Hall–Kier alpha value is -2.82. The molecule has 10 heteroatoms. The molecule has 0 saturated heterocycles. The number of thiophene rings is 1. The van der Waals surface area contributed by atoms with Crippen LogP contribution in [0.15, 0.2) is 61.2 Å². The van der Waals surface area contributed by atoms with Gasteiger partial charge in [-0.15, -0.1) is 11.3 Å². The molecule has 2 aromatic heterocycles. The zero-order chi connectivity index (χ0) is 23.0. The Morgan fingerprint density at radius 1 is 1.28 bits per heavy atom. The minimum atomic E-state index is -0.628. The van der Waals surface area contributed by atoms with Gasteiger partial charge in [0.25, 0.3) is 5.56 Å². The maximum absolute atomic E-state index is 13.5. The normalized spacial score (nSPS) is 15.9. The third-order valence-electron chi connectivity index (χ3n) is 4.75. The highest BCUT2D eigenvalue weighted by atomic mass is 79.9. The monoisotopic (exact) mass is 532 g/mol. The van der Waals surface area contributed by atoms with E-state index in [2.05, 4.69) is 20.9 Å². The van der Waals surface area contributed by atoms with Crippen molar-refractivity contribution in [3.63, 3.8) is 0 Å². The van der Waals surface area contributed by atoms with Gasteiger partial charge >= 0.3 is 11.9 Å². The van der Waals surface area contributed by atoms with Crippen molar-refractivity contribution in [2.24, 2.45) is 4.99 Å². The maximum Gasteiger partial charge on any atom is 0.338 e. The number of methoxy groups -OCH3 is 1. The number of halogens is 1. The number of nitrogens with zero attached hydrogens (tertiary/aromatic N) is 2. The number of carbonyl (C=O) groups excluding carboxylic acids is 2. The molecule has 0 N–H and O–H groups in total. The number of benzene rings is 1. The van der Waals surface area contributed by atoms with Gasteiger partial charge in [-0.05, 0) is 42.6 Å². The second-order valence-corrected chi connectivity index (χ2v) is 9.77. The molecular weight excluding hydrogens is 516 g/mol. The molecule has 0 fully saturated rings. The number of hydrogen-bond donors (Lipinski definition) is 0. The average Bonchev–Trinajstić information content (AvgIpc) is 3.37. The minimum absolute atomic E-state index is 0.296. The van der Waals surface area contributed by atoms with Gasteiger partial charge < -0.3 is 9.47 Å². The van der Waals surface area contributed by atoms with E-state index in [1.54, 1.807) is 31.2 Å². The average molecular weight is 533 g/mol. The van der Waals surface area contributed by atoms with Gasteiger partial charge in [-0.3, -0.25) is 14.2 Å². The van der Waals surface area contributed by atoms with E-state index >= 15 is 0 Å². The molecule has 0 amide bonds. The predicted molar refractivity (Wildman–Crippen MR) is 126 cm³/mol. The number of ether oxygens (including phenoxy) is 2. The summed E-state index contributed by atoms with van der Waals surface area (Å²) in [6.45, 7) is 3.05. The molecule has 164 valence electrons. The van der Waals surface area contributed by atoms with Crippen LogP contribution in [0, 0.1) is 0 Å². The first kappa shape index (κ1) is 22.4. The Labute approximate surface area is 199 Å². The molecule has 7 nitrogen and oxygen atoms in total. The Kier molecular flexibility index (Phi) is 6.27. The lowest BCUT2D eigenvalue weighted by molar-refractivity contribution is -0.136. The van der Waals surface area contributed by atoms with Gasteiger partial charge in [0, 0.05) is 21.8 Å². The van der Waals surface area contributed by atoms with Crippen molar-refractivity contribution in [2.45, 2.75) is 19.9 Å². The standard InChI is InChI=1S/C22H17BrN2O5S2/c1-11-18(21(28)29-3)19(16-5-4-8-31-16)25-20(27)17(32-22(25)24-11)10-13-9-14(23)6-7-15(13)30-12(2)26/h4-10,19H,1-3H3. The Balaban J connectivity index is 1.96. The smallest absolute Gasteiger partial charge is 0.338 e. The number of esters is 2. The van der Waals surface area contributed by atoms with E-state index in [4.69, 9.17) is 9.47 Å². The van der Waals surface area contributed by atoms with Gasteiger partial charge in [-0.2, -0.15) is 0 Å². The lowest BCUT2D eigenvalue weighted by Crippen LogP contribution is -2.39. The Morgan fingerprint density at radius 2 is 2.06 bits per heavy atom. The van der Waals surface area contributed by atoms with E-state index in [0.717, 1.165) is 9.35 Å². The summed E-state index contributed by atoms with van der Waals surface area (Å²) in [4.78, 5) is 43.4. The molecule has 0 radical (unpaired) electrons. The topological polar surface area (TPSA) is 87.0 Å². The number of rotatable bonds is 4. The van der Waals surface area contributed by atoms with Crippen molar-refractivity contribution in [3.8, 4) is 5.75 Å². The molecule has 0 bridgehead atoms. The number of thiazole rings is 1. The molecule has 3 aromatic rings. The Bertz CT molecular complexity index is 1430. The molecule has 1 atom stereocenters. The molecule has 0 saturated carbocycles. The van der Waals surface area contributed by atoms with Crippen LogP contribution in [0.2, 0.25) is 0 Å². The fraction of sp³-hybridized carbons (Fsp3) is 0.182. The molecule has 3 heterocycles. The second-order valence-electron chi connectivity index (χ2n) is 6.86. The lowest BCUT2D eigenvalue weighted by Gasteiger charge is -2.22. The zero-order valence-corrected chi connectivity index (χ0v) is 20.5. The van der Waals surface area contributed by atoms with Crippen molar-refractivity contribution >= 4 is 56.6 Å². The van der Waals surface area contributed by atoms with Gasteiger partial charge in [0.2, 0.25) is 0 Å². The van der Waals surface area contributed by atoms with Crippen LogP contribution in [0.4, 0.5) is 0 Å². The largest absolute Gasteiger partial charge is 0.466 e. The predicted octanol–water partition coefficient (Wildman–Crippen LogP) is 3.16. The van der Waals surface area contributed by atoms with Crippen LogP contribution in [0.3, 0.4) is 0 Å². The summed E-state index contributed by atoms with van der Waals surface area (Å²) in [5, 5.41) is 1.89. The molecule has 32 heavy (non-hydrogen) atoms. The molecular formula is C22H17BrN2O5S2. The number of allylic oxidation sites excluding steroid dienone is 1. The van der Waals surface area contributed by atoms with Crippen molar-refractivity contribution in [1.29, 1.82) is 0 Å². The fourth-order valence-corrected chi connectivity index (χ4v) is 5.67. The summed E-state index contributed by atoms with van der Waals surface area (Å²) >= 11 is 6.07. The van der Waals surface area contributed by atoms with Crippen LogP contribution in [-0.2, 0) is 14.3 Å². The third-order valence-corrected chi connectivity index (χ3v) is 7.15. The molecule has 0 spiro atoms. The van der Waals surface area contributed by atoms with E-state index in [0.29, 0.717) is 31.9 Å². The van der Waals surface area contributed by atoms with E-state index in [9.17, 15) is 14.4 Å². The highest BCUT2D eigenvalue weighted by Gasteiger charge is 2.33. The van der Waals surface area contributed by atoms with Gasteiger partial charge in [0.15, 0.2) is 4.80 Å². The molecule has 1 aliphatic rings. The number of fused-ring (bicyclic) bond motifs is 1. The highest BCUT2D eigenvalue weighted by Crippen LogP contribution is 2.33. The first-order valence-electron chi connectivity index (χ1n) is 9.42. The number of hydrogen-bond acceptors (Lipinski definition) is 8. The van der Waals surface area contributed by atoms with E-state index < -0.39 is 18.0 Å². The van der Waals surface area contributed by atoms with Crippen LogP contribution in [0.5, 0.6) is 5.75 Å². The fourth-order valence-electron chi connectivity index (χ4n) is 3.43. The maximum atomic E-state index is 13.5. The SMILES string of the molecule is COC(=O)C1=C(C)N=c2sc(=Cc3cc(Br)ccc3OC(C)=O)c(=O)n2C1c1cccs1. The molecule has 4 rings (SSSR count). The van der Waals surface area contributed by atoms with E-state index in [1.165, 1.54) is 41.3 Å². The van der Waals surface area contributed by atoms with Gasteiger partial charge in [-0.25, -0.2) is 9.79 Å². The van der Waals surface area contributed by atoms with E-state index in [-0.39, 0.29) is 5.56 Å². The minimum Gasteiger partial charge on any atom is -0.466 e. The first-order chi connectivity index (χ1) is 15.3. The third kappa shape index (κ3) is 4.13. The van der Waals surface area contributed by atoms with Crippen LogP contribution in [0.1, 0.15) is 30.3 Å². The van der Waals surface area contributed by atoms with Crippen LogP contribution in [0.25, 0.3) is 6.08 Å². The Morgan fingerprint density at radius 3 is 2.72 bits per heavy atom. The molecule has 1 aliphatic heterocycles. The van der Waals surface area contributed by atoms with Crippen molar-refractivity contribution in [2.75, 3.05) is 7.11 Å². The molecule has 1 unspecified atom stereocenters.